The van der Waals surface area contributed by atoms with E-state index in [2.05, 4.69) is 69.1 Å². The molecule has 20 heavy (non-hydrogen) atoms. The van der Waals surface area contributed by atoms with Crippen LogP contribution in [-0.4, -0.2) is 22.1 Å². The Labute approximate surface area is 128 Å². The fourth-order valence-electron chi connectivity index (χ4n) is 1.99. The predicted molar refractivity (Wildman–Crippen MR) is 82.2 cm³/mol. The van der Waals surface area contributed by atoms with Crippen molar-refractivity contribution in [1.82, 2.24) is 15.0 Å². The van der Waals surface area contributed by atoms with E-state index in [1.807, 2.05) is 7.05 Å². The van der Waals surface area contributed by atoms with E-state index in [1.165, 1.54) is 5.56 Å². The molecule has 4 nitrogen and oxygen atoms in total. The van der Waals surface area contributed by atoms with Crippen LogP contribution in [0.2, 0.25) is 0 Å². The summed E-state index contributed by atoms with van der Waals surface area (Å²) in [5, 5.41) is 4.01. The normalized spacial score (nSPS) is 11.5. The molecule has 0 saturated carbocycles. The standard InChI is InChI=1S/C15H20BrN3O/c1-11(2)8-14-17-15(20-18-14)10-19(3)9-12-4-6-13(16)7-5-12/h4-7,11H,8-10H2,1-3H3. The van der Waals surface area contributed by atoms with Gasteiger partial charge in [-0.2, -0.15) is 4.98 Å². The Morgan fingerprint density at radius 1 is 1.20 bits per heavy atom. The SMILES string of the molecule is CC(C)Cc1noc(CN(C)Cc2ccc(Br)cc2)n1. The topological polar surface area (TPSA) is 42.2 Å². The molecule has 0 spiro atoms. The maximum absolute atomic E-state index is 5.28. The largest absolute Gasteiger partial charge is 0.338 e. The van der Waals surface area contributed by atoms with Crippen molar-refractivity contribution in [3.05, 3.63) is 46.0 Å². The van der Waals surface area contributed by atoms with Crippen LogP contribution in [0.4, 0.5) is 0 Å². The minimum atomic E-state index is 0.543. The highest BCUT2D eigenvalue weighted by molar-refractivity contribution is 9.10. The van der Waals surface area contributed by atoms with Gasteiger partial charge in [0, 0.05) is 17.4 Å². The lowest BCUT2D eigenvalue weighted by molar-refractivity contribution is 0.260. The Bertz CT molecular complexity index is 536. The molecule has 0 aliphatic carbocycles. The first-order chi connectivity index (χ1) is 9.52. The Morgan fingerprint density at radius 3 is 2.55 bits per heavy atom. The van der Waals surface area contributed by atoms with Crippen LogP contribution in [0.25, 0.3) is 0 Å². The number of rotatable bonds is 6. The van der Waals surface area contributed by atoms with Gasteiger partial charge >= 0.3 is 0 Å². The summed E-state index contributed by atoms with van der Waals surface area (Å²) < 4.78 is 6.38. The summed E-state index contributed by atoms with van der Waals surface area (Å²) >= 11 is 3.44. The molecular formula is C15H20BrN3O. The first-order valence-corrected chi connectivity index (χ1v) is 7.56. The van der Waals surface area contributed by atoms with Crippen LogP contribution in [0.1, 0.15) is 31.1 Å². The Hall–Kier alpha value is -1.20. The highest BCUT2D eigenvalue weighted by atomic mass is 79.9. The van der Waals surface area contributed by atoms with Gasteiger partial charge in [0.15, 0.2) is 5.82 Å². The number of hydrogen-bond acceptors (Lipinski definition) is 4. The summed E-state index contributed by atoms with van der Waals surface area (Å²) in [6.45, 7) is 5.82. The molecule has 0 atom stereocenters. The molecular weight excluding hydrogens is 318 g/mol. The van der Waals surface area contributed by atoms with E-state index in [0.717, 1.165) is 23.3 Å². The van der Waals surface area contributed by atoms with Gasteiger partial charge < -0.3 is 4.52 Å². The molecule has 0 bridgehead atoms. The van der Waals surface area contributed by atoms with Gasteiger partial charge in [-0.25, -0.2) is 0 Å². The maximum atomic E-state index is 5.28. The second kappa shape index (κ2) is 6.99. The van der Waals surface area contributed by atoms with E-state index in [-0.39, 0.29) is 0 Å². The highest BCUT2D eigenvalue weighted by Gasteiger charge is 2.10. The molecule has 2 aromatic rings. The van der Waals surface area contributed by atoms with E-state index < -0.39 is 0 Å². The number of hydrogen-bond donors (Lipinski definition) is 0. The molecule has 0 fully saturated rings. The lowest BCUT2D eigenvalue weighted by Crippen LogP contribution is -2.17. The summed E-state index contributed by atoms with van der Waals surface area (Å²) in [6.07, 6.45) is 0.861. The first kappa shape index (κ1) is 15.2. The Kier molecular flexibility index (Phi) is 5.31. The fourth-order valence-corrected chi connectivity index (χ4v) is 2.26. The van der Waals surface area contributed by atoms with Crippen LogP contribution in [0.5, 0.6) is 0 Å². The summed E-state index contributed by atoms with van der Waals surface area (Å²) in [6, 6.07) is 8.32. The molecule has 1 heterocycles. The second-order valence-corrected chi connectivity index (χ2v) is 6.42. The van der Waals surface area contributed by atoms with E-state index in [4.69, 9.17) is 4.52 Å². The molecule has 0 radical (unpaired) electrons. The van der Waals surface area contributed by atoms with Crippen LogP contribution < -0.4 is 0 Å². The van der Waals surface area contributed by atoms with Gasteiger partial charge in [-0.3, -0.25) is 4.90 Å². The monoisotopic (exact) mass is 337 g/mol. The van der Waals surface area contributed by atoms with Crippen LogP contribution in [0.3, 0.4) is 0 Å². The summed E-state index contributed by atoms with van der Waals surface area (Å²) in [5.74, 6) is 2.02. The predicted octanol–water partition coefficient (Wildman–Crippen LogP) is 3.66. The molecule has 0 saturated heterocycles. The molecule has 5 heteroatoms. The lowest BCUT2D eigenvalue weighted by atomic mass is 10.1. The number of nitrogens with zero attached hydrogens (tertiary/aromatic N) is 3. The Balaban J connectivity index is 1.89. The zero-order valence-electron chi connectivity index (χ0n) is 12.1. The quantitative estimate of drug-likeness (QED) is 0.806. The molecule has 1 aromatic heterocycles. The van der Waals surface area contributed by atoms with Crippen molar-refractivity contribution in [2.75, 3.05) is 7.05 Å². The molecule has 0 N–H and O–H groups in total. The summed E-state index contributed by atoms with van der Waals surface area (Å²) in [4.78, 5) is 6.58. The molecule has 1 aromatic carbocycles. The summed E-state index contributed by atoms with van der Waals surface area (Å²) in [7, 11) is 2.05. The van der Waals surface area contributed by atoms with Gasteiger partial charge in [-0.1, -0.05) is 47.1 Å². The van der Waals surface area contributed by atoms with Crippen molar-refractivity contribution < 1.29 is 4.52 Å². The minimum absolute atomic E-state index is 0.543. The second-order valence-electron chi connectivity index (χ2n) is 5.50. The summed E-state index contributed by atoms with van der Waals surface area (Å²) in [5.41, 5.74) is 1.26. The van der Waals surface area contributed by atoms with Crippen molar-refractivity contribution in [2.24, 2.45) is 5.92 Å². The Morgan fingerprint density at radius 2 is 1.90 bits per heavy atom. The van der Waals surface area contributed by atoms with Gasteiger partial charge in [0.05, 0.1) is 6.54 Å². The molecule has 0 aliphatic rings. The van der Waals surface area contributed by atoms with Crippen molar-refractivity contribution in [3.8, 4) is 0 Å². The van der Waals surface area contributed by atoms with Crippen molar-refractivity contribution in [2.45, 2.75) is 33.4 Å². The van der Waals surface area contributed by atoms with Crippen LogP contribution in [0.15, 0.2) is 33.3 Å². The smallest absolute Gasteiger partial charge is 0.240 e. The zero-order valence-corrected chi connectivity index (χ0v) is 13.7. The average Bonchev–Trinajstić information content (AvgIpc) is 2.78. The third kappa shape index (κ3) is 4.72. The minimum Gasteiger partial charge on any atom is -0.338 e. The number of halogens is 1. The first-order valence-electron chi connectivity index (χ1n) is 6.77. The van der Waals surface area contributed by atoms with Crippen molar-refractivity contribution in [3.63, 3.8) is 0 Å². The van der Waals surface area contributed by atoms with Crippen LogP contribution in [-0.2, 0) is 19.5 Å². The van der Waals surface area contributed by atoms with E-state index in [9.17, 15) is 0 Å². The van der Waals surface area contributed by atoms with Gasteiger partial charge in [-0.05, 0) is 30.7 Å². The van der Waals surface area contributed by atoms with Crippen molar-refractivity contribution >= 4 is 15.9 Å². The van der Waals surface area contributed by atoms with Gasteiger partial charge in [-0.15, -0.1) is 0 Å². The lowest BCUT2D eigenvalue weighted by Gasteiger charge is -2.14. The molecule has 0 amide bonds. The highest BCUT2D eigenvalue weighted by Crippen LogP contribution is 2.13. The molecule has 2 rings (SSSR count). The van der Waals surface area contributed by atoms with E-state index in [1.54, 1.807) is 0 Å². The van der Waals surface area contributed by atoms with Crippen molar-refractivity contribution in [1.29, 1.82) is 0 Å². The van der Waals surface area contributed by atoms with Gasteiger partial charge in [0.2, 0.25) is 5.89 Å². The third-order valence-electron chi connectivity index (χ3n) is 2.87. The third-order valence-corrected chi connectivity index (χ3v) is 3.40. The van der Waals surface area contributed by atoms with E-state index in [0.29, 0.717) is 18.4 Å². The molecule has 108 valence electrons. The number of benzene rings is 1. The van der Waals surface area contributed by atoms with Gasteiger partial charge in [0.25, 0.3) is 0 Å². The zero-order chi connectivity index (χ0) is 14.5. The van der Waals surface area contributed by atoms with Crippen LogP contribution >= 0.6 is 15.9 Å². The fraction of sp³-hybridized carbons (Fsp3) is 0.467. The average molecular weight is 338 g/mol. The van der Waals surface area contributed by atoms with Gasteiger partial charge in [0.1, 0.15) is 0 Å². The molecule has 0 aliphatic heterocycles. The van der Waals surface area contributed by atoms with Crippen LogP contribution in [0, 0.1) is 5.92 Å². The maximum Gasteiger partial charge on any atom is 0.240 e. The number of aromatic nitrogens is 2. The van der Waals surface area contributed by atoms with E-state index >= 15 is 0 Å². The molecule has 0 unspecified atom stereocenters.